The lowest BCUT2D eigenvalue weighted by atomic mass is 9.97. The Morgan fingerprint density at radius 3 is 2.90 bits per heavy atom. The second kappa shape index (κ2) is 9.47. The van der Waals surface area contributed by atoms with Crippen molar-refractivity contribution in [3.8, 4) is 0 Å². The van der Waals surface area contributed by atoms with E-state index in [0.717, 1.165) is 39.6 Å². The van der Waals surface area contributed by atoms with E-state index in [1.54, 1.807) is 22.9 Å². The molecule has 2 aliphatic rings. The van der Waals surface area contributed by atoms with E-state index in [-0.39, 0.29) is 12.6 Å². The molecule has 0 saturated carbocycles. The third-order valence-electron chi connectivity index (χ3n) is 5.30. The van der Waals surface area contributed by atoms with Crippen LogP contribution in [-0.4, -0.2) is 52.6 Å². The van der Waals surface area contributed by atoms with Crippen LogP contribution in [0.4, 0.5) is 0 Å². The molecule has 3 heterocycles. The minimum absolute atomic E-state index is 0.190. The number of morpholine rings is 1. The van der Waals surface area contributed by atoms with Crippen LogP contribution in [0.5, 0.6) is 0 Å². The fourth-order valence-corrected chi connectivity index (χ4v) is 4.81. The van der Waals surface area contributed by atoms with E-state index in [4.69, 9.17) is 4.74 Å². The van der Waals surface area contributed by atoms with Gasteiger partial charge in [-0.1, -0.05) is 30.8 Å². The number of carbonyl (C=O) groups is 2. The number of hydrogen-bond acceptors (Lipinski definition) is 7. The zero-order valence-electron chi connectivity index (χ0n) is 16.9. The van der Waals surface area contributed by atoms with Crippen molar-refractivity contribution >= 4 is 23.5 Å². The number of ketones is 1. The molecule has 1 fully saturated rings. The van der Waals surface area contributed by atoms with Crippen LogP contribution in [0.25, 0.3) is 0 Å². The first-order chi connectivity index (χ1) is 15.1. The maximum absolute atomic E-state index is 12.8. The Kier molecular flexibility index (Phi) is 6.50. The number of benzene rings is 1. The summed E-state index contributed by atoms with van der Waals surface area (Å²) in [6.07, 6.45) is 3.25. The van der Waals surface area contributed by atoms with Gasteiger partial charge in [0.05, 0.1) is 24.9 Å². The molecule has 7 nitrogen and oxygen atoms in total. The van der Waals surface area contributed by atoms with Gasteiger partial charge in [0.1, 0.15) is 6.17 Å². The van der Waals surface area contributed by atoms with Crippen LogP contribution in [-0.2, 0) is 20.1 Å². The number of carbonyl (C=O) groups excluding carboxylic acids is 2. The van der Waals surface area contributed by atoms with Gasteiger partial charge in [-0.3, -0.25) is 19.9 Å². The number of nitrogens with zero attached hydrogens (tertiary/aromatic N) is 2. The molecule has 1 saturated heterocycles. The molecule has 8 heteroatoms. The Morgan fingerprint density at radius 2 is 2.06 bits per heavy atom. The van der Waals surface area contributed by atoms with Gasteiger partial charge in [-0.15, -0.1) is 11.8 Å². The van der Waals surface area contributed by atoms with Crippen molar-refractivity contribution in [3.63, 3.8) is 0 Å². The Bertz CT molecular complexity index is 991. The van der Waals surface area contributed by atoms with Crippen LogP contribution < -0.4 is 5.32 Å². The molecule has 0 radical (unpaired) electrons. The van der Waals surface area contributed by atoms with Gasteiger partial charge in [0.2, 0.25) is 5.78 Å². The van der Waals surface area contributed by atoms with Crippen LogP contribution in [0.15, 0.2) is 72.0 Å². The third-order valence-corrected chi connectivity index (χ3v) is 6.40. The Labute approximate surface area is 184 Å². The van der Waals surface area contributed by atoms with E-state index >= 15 is 0 Å². The molecule has 0 aliphatic carbocycles. The van der Waals surface area contributed by atoms with E-state index in [2.05, 4.69) is 29.0 Å². The fraction of sp³-hybridized carbons (Fsp3) is 0.261. The summed E-state index contributed by atoms with van der Waals surface area (Å²) in [6.45, 7) is 4.34. The highest BCUT2D eigenvalue weighted by atomic mass is 32.2. The maximum Gasteiger partial charge on any atom is 0.251 e. The molecule has 1 amide bonds. The normalized spacial score (nSPS) is 20.9. The lowest BCUT2D eigenvalue weighted by molar-refractivity contribution is -0.136. The second-order valence-electron chi connectivity index (χ2n) is 7.19. The lowest BCUT2D eigenvalue weighted by Crippen LogP contribution is -2.56. The standard InChI is InChI=1S/C23H23N3O4S/c1-2-18(27)19(28)12-22(29)26-10-11-30-13-21(26)25-23-15-7-5-9-24-17(15)14-31-20-8-4-3-6-16(20)23/h2-9,12,21,23,25,28H,1,10-11,13-14H2/b19-12-/t21-,23-/m0/s1. The predicted molar refractivity (Wildman–Crippen MR) is 117 cm³/mol. The van der Waals surface area contributed by atoms with Crippen molar-refractivity contribution in [2.24, 2.45) is 0 Å². The molecule has 0 spiro atoms. The number of aliphatic hydroxyl groups is 1. The smallest absolute Gasteiger partial charge is 0.251 e. The van der Waals surface area contributed by atoms with Gasteiger partial charge < -0.3 is 14.7 Å². The van der Waals surface area contributed by atoms with E-state index in [1.165, 1.54) is 0 Å². The molecule has 160 valence electrons. The van der Waals surface area contributed by atoms with E-state index in [9.17, 15) is 14.7 Å². The van der Waals surface area contributed by atoms with Gasteiger partial charge in [0, 0.05) is 29.5 Å². The van der Waals surface area contributed by atoms with Gasteiger partial charge in [0.15, 0.2) is 5.76 Å². The summed E-state index contributed by atoms with van der Waals surface area (Å²) >= 11 is 1.74. The first-order valence-corrected chi connectivity index (χ1v) is 10.9. The zero-order valence-corrected chi connectivity index (χ0v) is 17.7. The molecule has 2 aliphatic heterocycles. The lowest BCUT2D eigenvalue weighted by Gasteiger charge is -2.38. The van der Waals surface area contributed by atoms with E-state index in [1.807, 2.05) is 24.3 Å². The number of amides is 1. The summed E-state index contributed by atoms with van der Waals surface area (Å²) in [5.41, 5.74) is 3.15. The number of hydrogen-bond donors (Lipinski definition) is 2. The van der Waals surface area contributed by atoms with Gasteiger partial charge >= 0.3 is 0 Å². The van der Waals surface area contributed by atoms with Gasteiger partial charge in [0.25, 0.3) is 5.91 Å². The van der Waals surface area contributed by atoms with Crippen molar-refractivity contribution in [1.82, 2.24) is 15.2 Å². The average Bonchev–Trinajstić information content (AvgIpc) is 2.96. The van der Waals surface area contributed by atoms with Crippen molar-refractivity contribution < 1.29 is 19.4 Å². The monoisotopic (exact) mass is 437 g/mol. The number of nitrogens with one attached hydrogen (secondary N) is 1. The zero-order chi connectivity index (χ0) is 21.8. The number of aromatic nitrogens is 1. The van der Waals surface area contributed by atoms with Gasteiger partial charge in [-0.2, -0.15) is 0 Å². The SMILES string of the molecule is C=CC(=O)/C(O)=C/C(=O)N1CCOC[C@H]1N[C@@H]1c2ccccc2SCc2ncccc21. The highest BCUT2D eigenvalue weighted by Gasteiger charge is 2.32. The molecule has 31 heavy (non-hydrogen) atoms. The first-order valence-electron chi connectivity index (χ1n) is 9.96. The fourth-order valence-electron chi connectivity index (χ4n) is 3.75. The van der Waals surface area contributed by atoms with Gasteiger partial charge in [-0.05, 0) is 29.3 Å². The maximum atomic E-state index is 12.8. The summed E-state index contributed by atoms with van der Waals surface area (Å²) in [5.74, 6) is -1.02. The average molecular weight is 438 g/mol. The molecular formula is C23H23N3O4S. The molecule has 2 N–H and O–H groups in total. The number of ether oxygens (including phenoxy) is 1. The van der Waals surface area contributed by atoms with Crippen molar-refractivity contribution in [2.45, 2.75) is 22.9 Å². The molecular weight excluding hydrogens is 414 g/mol. The summed E-state index contributed by atoms with van der Waals surface area (Å²) in [6, 6.07) is 11.9. The predicted octanol–water partition coefficient (Wildman–Crippen LogP) is 2.75. The van der Waals surface area contributed by atoms with E-state index < -0.39 is 23.6 Å². The molecule has 4 rings (SSSR count). The van der Waals surface area contributed by atoms with Gasteiger partial charge in [-0.25, -0.2) is 0 Å². The summed E-state index contributed by atoms with van der Waals surface area (Å²) in [7, 11) is 0. The molecule has 2 aromatic rings. The van der Waals surface area contributed by atoms with Crippen LogP contribution in [0.1, 0.15) is 22.9 Å². The van der Waals surface area contributed by atoms with E-state index in [0.29, 0.717) is 13.2 Å². The quantitative estimate of drug-likeness (QED) is 0.549. The summed E-state index contributed by atoms with van der Waals surface area (Å²) in [4.78, 5) is 31.7. The van der Waals surface area contributed by atoms with Crippen LogP contribution in [0.3, 0.4) is 0 Å². The molecule has 2 atom stereocenters. The van der Waals surface area contributed by atoms with Crippen LogP contribution in [0.2, 0.25) is 0 Å². The third kappa shape index (κ3) is 4.56. The van der Waals surface area contributed by atoms with Crippen LogP contribution >= 0.6 is 11.8 Å². The highest BCUT2D eigenvalue weighted by molar-refractivity contribution is 7.98. The molecule has 1 aromatic heterocycles. The topological polar surface area (TPSA) is 91.8 Å². The number of fused-ring (bicyclic) bond motifs is 2. The highest BCUT2D eigenvalue weighted by Crippen LogP contribution is 2.38. The number of pyridine rings is 1. The van der Waals surface area contributed by atoms with Crippen molar-refractivity contribution in [2.75, 3.05) is 19.8 Å². The van der Waals surface area contributed by atoms with Crippen molar-refractivity contribution in [1.29, 1.82) is 0 Å². The van der Waals surface area contributed by atoms with Crippen molar-refractivity contribution in [3.05, 3.63) is 83.9 Å². The van der Waals surface area contributed by atoms with Crippen LogP contribution in [0, 0.1) is 0 Å². The largest absolute Gasteiger partial charge is 0.504 e. The Hall–Kier alpha value is -2.94. The summed E-state index contributed by atoms with van der Waals surface area (Å²) in [5, 5.41) is 13.4. The minimum atomic E-state index is -0.694. The Balaban J connectivity index is 1.66. The number of aliphatic hydroxyl groups excluding tert-OH is 1. The number of thioether (sulfide) groups is 1. The molecule has 0 bridgehead atoms. The first kappa shape index (κ1) is 21.3. The Morgan fingerprint density at radius 1 is 1.26 bits per heavy atom. The molecule has 1 aromatic carbocycles. The second-order valence-corrected chi connectivity index (χ2v) is 8.20. The minimum Gasteiger partial charge on any atom is -0.504 e. The molecule has 0 unspecified atom stereocenters. The summed E-state index contributed by atoms with van der Waals surface area (Å²) < 4.78 is 5.64. The number of rotatable bonds is 5. The number of allylic oxidation sites excluding steroid dienone is 1.